The summed E-state index contributed by atoms with van der Waals surface area (Å²) in [6, 6.07) is 5.34. The summed E-state index contributed by atoms with van der Waals surface area (Å²) in [4.78, 5) is 0.874. The summed E-state index contributed by atoms with van der Waals surface area (Å²) in [5.41, 5.74) is 0.547. The Balaban J connectivity index is 3.11. The summed E-state index contributed by atoms with van der Waals surface area (Å²) < 4.78 is 0.941. The molecule has 0 saturated carbocycles. The lowest BCUT2D eigenvalue weighted by Crippen LogP contribution is -2.31. The van der Waals surface area contributed by atoms with E-state index in [0.29, 0.717) is 5.46 Å². The van der Waals surface area contributed by atoms with Crippen LogP contribution in [0.2, 0.25) is 0 Å². The van der Waals surface area contributed by atoms with E-state index in [1.165, 1.54) is 11.8 Å². The van der Waals surface area contributed by atoms with E-state index in [2.05, 4.69) is 15.9 Å². The highest BCUT2D eigenvalue weighted by Gasteiger charge is 2.14. The van der Waals surface area contributed by atoms with Crippen LogP contribution in [0, 0.1) is 0 Å². The summed E-state index contributed by atoms with van der Waals surface area (Å²) >= 11 is 4.80. The summed E-state index contributed by atoms with van der Waals surface area (Å²) in [6.45, 7) is 0. The van der Waals surface area contributed by atoms with Gasteiger partial charge in [0, 0.05) is 9.37 Å². The fourth-order valence-electron chi connectivity index (χ4n) is 0.898. The minimum absolute atomic E-state index is 0.547. The van der Waals surface area contributed by atoms with Crippen molar-refractivity contribution in [1.29, 1.82) is 0 Å². The first-order chi connectivity index (χ1) is 5.65. The number of benzene rings is 1. The van der Waals surface area contributed by atoms with Gasteiger partial charge in [0.05, 0.1) is 0 Å². The van der Waals surface area contributed by atoms with Crippen molar-refractivity contribution >= 4 is 40.3 Å². The van der Waals surface area contributed by atoms with Crippen molar-refractivity contribution < 1.29 is 10.0 Å². The number of hydrogen-bond donors (Lipinski definition) is 2. The maximum Gasteiger partial charge on any atom is 0.489 e. The molecular weight excluding hydrogens is 239 g/mol. The molecule has 12 heavy (non-hydrogen) atoms. The van der Waals surface area contributed by atoms with Crippen LogP contribution >= 0.6 is 27.7 Å². The molecule has 0 atom stereocenters. The number of halogens is 1. The molecule has 1 aromatic carbocycles. The van der Waals surface area contributed by atoms with E-state index < -0.39 is 7.12 Å². The molecule has 0 radical (unpaired) electrons. The monoisotopic (exact) mass is 246 g/mol. The van der Waals surface area contributed by atoms with E-state index in [4.69, 9.17) is 10.0 Å². The zero-order valence-corrected chi connectivity index (χ0v) is 8.89. The molecule has 0 aromatic heterocycles. The average molecular weight is 247 g/mol. The summed E-state index contributed by atoms with van der Waals surface area (Å²) in [5, 5.41) is 17.9. The van der Waals surface area contributed by atoms with Crippen molar-refractivity contribution in [3.05, 3.63) is 22.7 Å². The van der Waals surface area contributed by atoms with Gasteiger partial charge in [0.2, 0.25) is 0 Å². The molecule has 64 valence electrons. The van der Waals surface area contributed by atoms with Crippen molar-refractivity contribution in [3.8, 4) is 0 Å². The van der Waals surface area contributed by atoms with Crippen molar-refractivity contribution in [2.45, 2.75) is 4.90 Å². The van der Waals surface area contributed by atoms with Crippen LogP contribution in [-0.2, 0) is 0 Å². The van der Waals surface area contributed by atoms with E-state index in [9.17, 15) is 0 Å². The minimum atomic E-state index is -1.39. The molecule has 0 amide bonds. The molecule has 1 rings (SSSR count). The van der Waals surface area contributed by atoms with Crippen molar-refractivity contribution in [1.82, 2.24) is 0 Å². The van der Waals surface area contributed by atoms with Gasteiger partial charge in [-0.15, -0.1) is 11.8 Å². The van der Waals surface area contributed by atoms with Gasteiger partial charge in [0.25, 0.3) is 0 Å². The summed E-state index contributed by atoms with van der Waals surface area (Å²) in [6.07, 6.45) is 1.90. The Bertz CT molecular complexity index is 280. The second-order valence-electron chi connectivity index (χ2n) is 2.26. The van der Waals surface area contributed by atoms with Crippen molar-refractivity contribution in [2.75, 3.05) is 6.26 Å². The highest BCUT2D eigenvalue weighted by molar-refractivity contribution is 9.10. The normalized spacial score (nSPS) is 10.0. The van der Waals surface area contributed by atoms with E-state index >= 15 is 0 Å². The standard InChI is InChI=1S/C7H8BBrO2S/c1-12-7-4-5(9)2-3-6(7)8(10)11/h2-4,10-11H,1H3. The van der Waals surface area contributed by atoms with Crippen LogP contribution in [0.15, 0.2) is 27.6 Å². The fraction of sp³-hybridized carbons (Fsp3) is 0.143. The fourth-order valence-corrected chi connectivity index (χ4v) is 2.06. The van der Waals surface area contributed by atoms with Gasteiger partial charge in [-0.1, -0.05) is 22.0 Å². The van der Waals surface area contributed by atoms with E-state index in [-0.39, 0.29) is 0 Å². The number of hydrogen-bond acceptors (Lipinski definition) is 3. The molecule has 0 aliphatic carbocycles. The molecule has 0 fully saturated rings. The van der Waals surface area contributed by atoms with Crippen LogP contribution in [0.5, 0.6) is 0 Å². The third-order valence-electron chi connectivity index (χ3n) is 1.47. The molecule has 0 heterocycles. The quantitative estimate of drug-likeness (QED) is 0.601. The lowest BCUT2D eigenvalue weighted by molar-refractivity contribution is 0.425. The Kier molecular flexibility index (Phi) is 3.64. The first-order valence-corrected chi connectivity index (χ1v) is 5.36. The zero-order valence-electron chi connectivity index (χ0n) is 6.49. The molecule has 1 aromatic rings. The van der Waals surface area contributed by atoms with Crippen LogP contribution in [0.25, 0.3) is 0 Å². The summed E-state index contributed by atoms with van der Waals surface area (Å²) in [7, 11) is -1.39. The Labute approximate surface area is 84.3 Å². The maximum atomic E-state index is 8.95. The molecule has 0 unspecified atom stereocenters. The van der Waals surface area contributed by atoms with E-state index in [0.717, 1.165) is 9.37 Å². The Morgan fingerprint density at radius 2 is 2.08 bits per heavy atom. The van der Waals surface area contributed by atoms with E-state index in [1.807, 2.05) is 12.3 Å². The van der Waals surface area contributed by atoms with Crippen LogP contribution < -0.4 is 5.46 Å². The molecular formula is C7H8BBrO2S. The maximum absolute atomic E-state index is 8.95. The van der Waals surface area contributed by atoms with Crippen molar-refractivity contribution in [2.24, 2.45) is 0 Å². The molecule has 0 saturated heterocycles. The molecule has 2 N–H and O–H groups in total. The van der Waals surface area contributed by atoms with Gasteiger partial charge in [-0.25, -0.2) is 0 Å². The van der Waals surface area contributed by atoms with Gasteiger partial charge in [0.15, 0.2) is 0 Å². The van der Waals surface area contributed by atoms with Gasteiger partial charge in [0.1, 0.15) is 0 Å². The highest BCUT2D eigenvalue weighted by Crippen LogP contribution is 2.17. The zero-order chi connectivity index (χ0) is 9.14. The topological polar surface area (TPSA) is 40.5 Å². The second kappa shape index (κ2) is 4.32. The van der Waals surface area contributed by atoms with Gasteiger partial charge >= 0.3 is 7.12 Å². The van der Waals surface area contributed by atoms with Gasteiger partial charge < -0.3 is 10.0 Å². The largest absolute Gasteiger partial charge is 0.489 e. The van der Waals surface area contributed by atoms with Crippen LogP contribution in [0.3, 0.4) is 0 Å². The Morgan fingerprint density at radius 1 is 1.42 bits per heavy atom. The third-order valence-corrected chi connectivity index (χ3v) is 2.76. The molecule has 0 bridgehead atoms. The van der Waals surface area contributed by atoms with Gasteiger partial charge in [-0.3, -0.25) is 0 Å². The SMILES string of the molecule is CSc1cc(Br)ccc1B(O)O. The molecule has 5 heteroatoms. The highest BCUT2D eigenvalue weighted by atomic mass is 79.9. The second-order valence-corrected chi connectivity index (χ2v) is 4.02. The Morgan fingerprint density at radius 3 is 2.58 bits per heavy atom. The smallest absolute Gasteiger partial charge is 0.423 e. The predicted octanol–water partition coefficient (Wildman–Crippen LogP) is 0.851. The molecule has 0 aliphatic rings. The average Bonchev–Trinajstić information content (AvgIpc) is 2.03. The molecule has 0 spiro atoms. The number of rotatable bonds is 2. The lowest BCUT2D eigenvalue weighted by Gasteiger charge is -2.05. The van der Waals surface area contributed by atoms with E-state index in [1.54, 1.807) is 12.1 Å². The first-order valence-electron chi connectivity index (χ1n) is 3.34. The molecule has 2 nitrogen and oxygen atoms in total. The Hall–Kier alpha value is 0.0349. The lowest BCUT2D eigenvalue weighted by atomic mass is 9.80. The van der Waals surface area contributed by atoms with Crippen molar-refractivity contribution in [3.63, 3.8) is 0 Å². The molecule has 0 aliphatic heterocycles. The minimum Gasteiger partial charge on any atom is -0.423 e. The van der Waals surface area contributed by atoms with Gasteiger partial charge in [-0.05, 0) is 23.9 Å². The van der Waals surface area contributed by atoms with Gasteiger partial charge in [-0.2, -0.15) is 0 Å². The number of thioether (sulfide) groups is 1. The predicted molar refractivity (Wildman–Crippen MR) is 55.7 cm³/mol. The first kappa shape index (κ1) is 10.1. The van der Waals surface area contributed by atoms with Crippen LogP contribution in [0.4, 0.5) is 0 Å². The van der Waals surface area contributed by atoms with Crippen LogP contribution in [-0.4, -0.2) is 23.4 Å². The third kappa shape index (κ3) is 2.26. The van der Waals surface area contributed by atoms with Crippen LogP contribution in [0.1, 0.15) is 0 Å². The summed E-state index contributed by atoms with van der Waals surface area (Å²) in [5.74, 6) is 0.